The summed E-state index contributed by atoms with van der Waals surface area (Å²) in [5, 5.41) is 0.248. The van der Waals surface area contributed by atoms with Crippen molar-refractivity contribution in [1.82, 2.24) is 0 Å². The summed E-state index contributed by atoms with van der Waals surface area (Å²) in [5.41, 5.74) is -0.248. The average molecular weight is 230 g/mol. The molecule has 0 aliphatic rings. The predicted molar refractivity (Wildman–Crippen MR) is 67.6 cm³/mol. The maximum Gasteiger partial charge on any atom is 0.191 e. The Hall–Kier alpha value is -0.153. The van der Waals surface area contributed by atoms with E-state index in [9.17, 15) is 4.79 Å². The molecular weight excluding hydrogens is 204 g/mol. The molecule has 0 spiro atoms. The van der Waals surface area contributed by atoms with Crippen molar-refractivity contribution in [3.63, 3.8) is 0 Å². The molecule has 0 aliphatic carbocycles. The lowest BCUT2D eigenvalue weighted by Crippen LogP contribution is -2.41. The summed E-state index contributed by atoms with van der Waals surface area (Å²) in [7, 11) is -1.63. The molecule has 3 heteroatoms. The third kappa shape index (κ3) is 4.93. The zero-order valence-electron chi connectivity index (χ0n) is 11.3. The van der Waals surface area contributed by atoms with Crippen LogP contribution in [-0.2, 0) is 9.22 Å². The van der Waals surface area contributed by atoms with Gasteiger partial charge in [0.2, 0.25) is 0 Å². The molecule has 0 radical (unpaired) electrons. The van der Waals surface area contributed by atoms with E-state index < -0.39 is 8.32 Å². The van der Waals surface area contributed by atoms with E-state index in [0.29, 0.717) is 6.61 Å². The summed E-state index contributed by atoms with van der Waals surface area (Å²) in [6, 6.07) is 0. The Morgan fingerprint density at radius 3 is 1.93 bits per heavy atom. The molecule has 0 heterocycles. The Balaban J connectivity index is 4.13. The van der Waals surface area contributed by atoms with Gasteiger partial charge in [-0.15, -0.1) is 0 Å². The van der Waals surface area contributed by atoms with Crippen LogP contribution < -0.4 is 0 Å². The van der Waals surface area contributed by atoms with Crippen molar-refractivity contribution in [3.8, 4) is 0 Å². The van der Waals surface area contributed by atoms with Crippen molar-refractivity contribution < 1.29 is 9.22 Å². The topological polar surface area (TPSA) is 26.3 Å². The third-order valence-electron chi connectivity index (χ3n) is 3.33. The van der Waals surface area contributed by atoms with E-state index in [1.54, 1.807) is 0 Å². The molecule has 0 atom stereocenters. The van der Waals surface area contributed by atoms with Gasteiger partial charge in [0.15, 0.2) is 8.32 Å². The molecule has 0 saturated carbocycles. The Bertz CT molecular complexity index is 214. The van der Waals surface area contributed by atoms with Gasteiger partial charge in [-0.3, -0.25) is 0 Å². The van der Waals surface area contributed by atoms with E-state index in [1.807, 2.05) is 13.8 Å². The number of carbonyl (C=O) groups excluding carboxylic acids is 1. The van der Waals surface area contributed by atoms with Crippen molar-refractivity contribution in [2.75, 3.05) is 6.61 Å². The molecule has 0 unspecified atom stereocenters. The molecule has 0 aliphatic heterocycles. The van der Waals surface area contributed by atoms with Crippen LogP contribution in [0.1, 0.15) is 41.0 Å². The Labute approximate surface area is 95.5 Å². The minimum absolute atomic E-state index is 0.248. The van der Waals surface area contributed by atoms with Crippen LogP contribution >= 0.6 is 0 Å². The fourth-order valence-electron chi connectivity index (χ4n) is 0.845. The predicted octanol–water partition coefficient (Wildman–Crippen LogP) is 3.62. The SMILES string of the molecule is CC(C)(C=O)CCO[Si](C)(C)C(C)(C)C. The van der Waals surface area contributed by atoms with E-state index in [1.165, 1.54) is 0 Å². The lowest BCUT2D eigenvalue weighted by atomic mass is 9.92. The molecule has 0 fully saturated rings. The summed E-state index contributed by atoms with van der Waals surface area (Å²) in [6.07, 6.45) is 1.82. The lowest BCUT2D eigenvalue weighted by molar-refractivity contribution is -0.115. The summed E-state index contributed by atoms with van der Waals surface area (Å²) >= 11 is 0. The van der Waals surface area contributed by atoms with Crippen LogP contribution in [0.25, 0.3) is 0 Å². The van der Waals surface area contributed by atoms with Crippen LogP contribution in [0.3, 0.4) is 0 Å². The molecular formula is C12H26O2Si. The second-order valence-corrected chi connectivity index (χ2v) is 11.3. The average Bonchev–Trinajstić information content (AvgIpc) is 2.01. The quantitative estimate of drug-likeness (QED) is 0.532. The van der Waals surface area contributed by atoms with Crippen molar-refractivity contribution >= 4 is 14.6 Å². The molecule has 0 amide bonds. The largest absolute Gasteiger partial charge is 0.417 e. The highest BCUT2D eigenvalue weighted by atomic mass is 28.4. The second kappa shape index (κ2) is 4.79. The van der Waals surface area contributed by atoms with E-state index in [0.717, 1.165) is 12.7 Å². The van der Waals surface area contributed by atoms with Crippen molar-refractivity contribution in [3.05, 3.63) is 0 Å². The van der Waals surface area contributed by atoms with Crippen molar-refractivity contribution in [1.29, 1.82) is 0 Å². The number of hydrogen-bond donors (Lipinski definition) is 0. The van der Waals surface area contributed by atoms with Crippen LogP contribution in [0.15, 0.2) is 0 Å². The molecule has 90 valence electrons. The monoisotopic (exact) mass is 230 g/mol. The lowest BCUT2D eigenvalue weighted by Gasteiger charge is -2.36. The summed E-state index contributed by atoms with van der Waals surface area (Å²) in [6.45, 7) is 15.8. The molecule has 15 heavy (non-hydrogen) atoms. The summed E-state index contributed by atoms with van der Waals surface area (Å²) < 4.78 is 6.01. The maximum atomic E-state index is 10.7. The Kier molecular flexibility index (Phi) is 4.74. The van der Waals surface area contributed by atoms with Gasteiger partial charge in [-0.2, -0.15) is 0 Å². The first-order valence-corrected chi connectivity index (χ1v) is 8.53. The highest BCUT2D eigenvalue weighted by Gasteiger charge is 2.37. The number of aldehydes is 1. The third-order valence-corrected chi connectivity index (χ3v) is 7.87. The standard InChI is InChI=1S/C12H26O2Si/c1-11(2,3)15(6,7)14-9-8-12(4,5)10-13/h10H,8-9H2,1-7H3. The first-order chi connectivity index (χ1) is 6.52. The molecule has 2 nitrogen and oxygen atoms in total. The molecule has 0 aromatic carbocycles. The Morgan fingerprint density at radius 2 is 1.60 bits per heavy atom. The molecule has 0 saturated heterocycles. The summed E-state index contributed by atoms with van der Waals surface area (Å²) in [4.78, 5) is 10.7. The van der Waals surface area contributed by atoms with Crippen LogP contribution in [0.4, 0.5) is 0 Å². The van der Waals surface area contributed by atoms with Crippen LogP contribution in [-0.4, -0.2) is 21.2 Å². The van der Waals surface area contributed by atoms with E-state index in [-0.39, 0.29) is 10.5 Å². The zero-order valence-corrected chi connectivity index (χ0v) is 12.3. The number of carbonyl (C=O) groups is 1. The zero-order chi connectivity index (χ0) is 12.3. The molecule has 0 N–H and O–H groups in total. The molecule has 0 bridgehead atoms. The maximum absolute atomic E-state index is 10.7. The van der Waals surface area contributed by atoms with Gasteiger partial charge in [0, 0.05) is 12.0 Å². The minimum atomic E-state index is -1.63. The van der Waals surface area contributed by atoms with Crippen LogP contribution in [0.2, 0.25) is 18.1 Å². The van der Waals surface area contributed by atoms with Crippen molar-refractivity contribution in [2.24, 2.45) is 5.41 Å². The molecule has 0 aromatic heterocycles. The van der Waals surface area contributed by atoms with E-state index in [2.05, 4.69) is 33.9 Å². The second-order valence-electron chi connectivity index (χ2n) is 6.47. The minimum Gasteiger partial charge on any atom is -0.417 e. The molecule has 0 rings (SSSR count). The summed E-state index contributed by atoms with van der Waals surface area (Å²) in [5.74, 6) is 0. The normalized spacial score (nSPS) is 14.1. The fraction of sp³-hybridized carbons (Fsp3) is 0.917. The van der Waals surface area contributed by atoms with Gasteiger partial charge in [-0.1, -0.05) is 34.6 Å². The first-order valence-electron chi connectivity index (χ1n) is 5.62. The first kappa shape index (κ1) is 14.8. The molecule has 0 aromatic rings. The number of hydrogen-bond acceptors (Lipinski definition) is 2. The highest BCUT2D eigenvalue weighted by molar-refractivity contribution is 6.74. The van der Waals surface area contributed by atoms with Gasteiger partial charge in [0.1, 0.15) is 6.29 Å². The van der Waals surface area contributed by atoms with Gasteiger partial charge in [0.05, 0.1) is 0 Å². The number of rotatable bonds is 5. The van der Waals surface area contributed by atoms with Gasteiger partial charge in [-0.05, 0) is 24.6 Å². The van der Waals surface area contributed by atoms with Gasteiger partial charge in [-0.25, -0.2) is 0 Å². The van der Waals surface area contributed by atoms with Crippen molar-refractivity contribution in [2.45, 2.75) is 59.2 Å². The van der Waals surface area contributed by atoms with Gasteiger partial charge < -0.3 is 9.22 Å². The van der Waals surface area contributed by atoms with Gasteiger partial charge >= 0.3 is 0 Å². The smallest absolute Gasteiger partial charge is 0.191 e. The van der Waals surface area contributed by atoms with Crippen LogP contribution in [0.5, 0.6) is 0 Å². The van der Waals surface area contributed by atoms with Crippen LogP contribution in [0, 0.1) is 5.41 Å². The highest BCUT2D eigenvalue weighted by Crippen LogP contribution is 2.36. The van der Waals surface area contributed by atoms with Gasteiger partial charge in [0.25, 0.3) is 0 Å². The van der Waals surface area contributed by atoms with E-state index >= 15 is 0 Å². The fourth-order valence-corrected chi connectivity index (χ4v) is 1.89. The Morgan fingerprint density at radius 1 is 1.13 bits per heavy atom. The van der Waals surface area contributed by atoms with E-state index in [4.69, 9.17) is 4.43 Å².